The van der Waals surface area contributed by atoms with Gasteiger partial charge in [0, 0.05) is 24.3 Å². The molecule has 1 amide bonds. The Hall–Kier alpha value is -3.20. The number of nitrogens with two attached hydrogens (primary N) is 3. The van der Waals surface area contributed by atoms with Gasteiger partial charge in [0.1, 0.15) is 5.84 Å². The summed E-state index contributed by atoms with van der Waals surface area (Å²) >= 11 is 0. The first-order chi connectivity index (χ1) is 13.0. The lowest BCUT2D eigenvalue weighted by Gasteiger charge is -2.33. The van der Waals surface area contributed by atoms with Crippen molar-refractivity contribution in [2.45, 2.75) is 32.7 Å². The number of nitrogens with one attached hydrogen (secondary N) is 1. The van der Waals surface area contributed by atoms with Gasteiger partial charge >= 0.3 is 0 Å². The second-order valence-electron chi connectivity index (χ2n) is 6.53. The van der Waals surface area contributed by atoms with Gasteiger partial charge in [-0.3, -0.25) is 15.2 Å². The molecule has 0 fully saturated rings. The van der Waals surface area contributed by atoms with E-state index in [1.165, 1.54) is 54.6 Å². The number of alkyl halides is 2. The lowest BCUT2D eigenvalue weighted by molar-refractivity contribution is 0.0167. The zero-order valence-electron chi connectivity index (χ0n) is 15.9. The Morgan fingerprint density at radius 2 is 2.04 bits per heavy atom. The zero-order valence-corrected chi connectivity index (χ0v) is 15.9. The van der Waals surface area contributed by atoms with E-state index in [-0.39, 0.29) is 28.2 Å². The number of hydrogen-bond donors (Lipinski definition) is 4. The van der Waals surface area contributed by atoms with E-state index in [9.17, 15) is 13.6 Å². The third-order valence-electron chi connectivity index (χ3n) is 4.60. The van der Waals surface area contributed by atoms with Crippen LogP contribution in [0.25, 0.3) is 0 Å². The first-order valence-electron chi connectivity index (χ1n) is 8.50. The van der Waals surface area contributed by atoms with E-state index < -0.39 is 17.9 Å². The molecule has 0 aromatic heterocycles. The van der Waals surface area contributed by atoms with Gasteiger partial charge in [0.15, 0.2) is 0 Å². The number of hydrogen-bond acceptors (Lipinski definition) is 5. The summed E-state index contributed by atoms with van der Waals surface area (Å²) in [5.41, 5.74) is 12.2. The Labute approximate surface area is 162 Å². The fourth-order valence-corrected chi connectivity index (χ4v) is 2.99. The number of rotatable bonds is 4. The Bertz CT molecular complexity index is 885. The highest BCUT2D eigenvalue weighted by atomic mass is 19.3. The number of amides is 1. The van der Waals surface area contributed by atoms with Crippen LogP contribution in [-0.2, 0) is 5.92 Å². The van der Waals surface area contributed by atoms with Crippen LogP contribution in [0.4, 0.5) is 8.78 Å². The van der Waals surface area contributed by atoms with Crippen molar-refractivity contribution in [3.63, 3.8) is 0 Å². The summed E-state index contributed by atoms with van der Waals surface area (Å²) in [6, 6.07) is 3.63. The van der Waals surface area contributed by atoms with Crippen LogP contribution >= 0.6 is 0 Å². The van der Waals surface area contributed by atoms with Gasteiger partial charge in [-0.1, -0.05) is 12.1 Å². The summed E-state index contributed by atoms with van der Waals surface area (Å²) in [5.74, 6) is 2.26. The highest BCUT2D eigenvalue weighted by Crippen LogP contribution is 2.32. The van der Waals surface area contributed by atoms with E-state index in [2.05, 4.69) is 0 Å². The van der Waals surface area contributed by atoms with Crippen LogP contribution in [0.5, 0.6) is 0 Å². The molecule has 0 radical (unpaired) electrons. The number of benzene rings is 1. The molecule has 0 spiro atoms. The zero-order chi connectivity index (χ0) is 21.2. The van der Waals surface area contributed by atoms with Gasteiger partial charge in [0.2, 0.25) is 0 Å². The number of nitrogens with zero attached hydrogens (tertiary/aromatic N) is 2. The summed E-state index contributed by atoms with van der Waals surface area (Å²) < 4.78 is 27.6. The van der Waals surface area contributed by atoms with Gasteiger partial charge in [-0.25, -0.2) is 14.6 Å². The van der Waals surface area contributed by atoms with E-state index in [4.69, 9.17) is 22.7 Å². The van der Waals surface area contributed by atoms with E-state index in [0.29, 0.717) is 5.70 Å². The largest absolute Gasteiger partial charge is 0.404 e. The monoisotopic (exact) mass is 390 g/mol. The molecule has 150 valence electrons. The average Bonchev–Trinajstić information content (AvgIpc) is 2.62. The quantitative estimate of drug-likeness (QED) is 0.272. The van der Waals surface area contributed by atoms with Crippen molar-refractivity contribution < 1.29 is 13.6 Å². The predicted octanol–water partition coefficient (Wildman–Crippen LogP) is 2.26. The Kier molecular flexibility index (Phi) is 5.89. The SMILES string of the molecule is Cc1c(C(=O)N2C=CC(N(N)C(=N)/C=C\N)=C(N)C2C)cccc1C(C)(F)F. The van der Waals surface area contributed by atoms with E-state index >= 15 is 0 Å². The second kappa shape index (κ2) is 7.81. The number of hydrazine groups is 1. The van der Waals surface area contributed by atoms with Gasteiger partial charge in [-0.05, 0) is 43.8 Å². The minimum Gasteiger partial charge on any atom is -0.404 e. The van der Waals surface area contributed by atoms with Crippen molar-refractivity contribution in [1.82, 2.24) is 9.91 Å². The lowest BCUT2D eigenvalue weighted by atomic mass is 9.96. The van der Waals surface area contributed by atoms with Crippen LogP contribution in [0.1, 0.15) is 35.3 Å². The summed E-state index contributed by atoms with van der Waals surface area (Å²) in [6.45, 7) is 3.96. The lowest BCUT2D eigenvalue weighted by Crippen LogP contribution is -2.45. The van der Waals surface area contributed by atoms with Crippen molar-refractivity contribution in [3.05, 3.63) is 70.8 Å². The number of carbonyl (C=O) groups excluding carboxylic acids is 1. The number of amidine groups is 1. The van der Waals surface area contributed by atoms with Crippen LogP contribution in [0.2, 0.25) is 0 Å². The van der Waals surface area contributed by atoms with Crippen molar-refractivity contribution in [2.24, 2.45) is 17.3 Å². The molecule has 7 N–H and O–H groups in total. The third-order valence-corrected chi connectivity index (χ3v) is 4.60. The molecule has 0 saturated heterocycles. The summed E-state index contributed by atoms with van der Waals surface area (Å²) in [4.78, 5) is 14.3. The first-order valence-corrected chi connectivity index (χ1v) is 8.50. The van der Waals surface area contributed by atoms with Crippen LogP contribution in [0.3, 0.4) is 0 Å². The molecule has 1 aliphatic heterocycles. The molecule has 0 saturated carbocycles. The first kappa shape index (κ1) is 21.1. The molecule has 1 unspecified atom stereocenters. The normalized spacial score (nSPS) is 17.4. The van der Waals surface area contributed by atoms with Gasteiger partial charge in [-0.15, -0.1) is 0 Å². The molecule has 0 bridgehead atoms. The molecule has 9 heteroatoms. The van der Waals surface area contributed by atoms with Crippen molar-refractivity contribution in [1.29, 1.82) is 5.41 Å². The molecule has 1 aromatic rings. The Balaban J connectivity index is 2.36. The number of halogens is 2. The molecule has 1 heterocycles. The highest BCUT2D eigenvalue weighted by molar-refractivity contribution is 5.97. The van der Waals surface area contributed by atoms with Crippen molar-refractivity contribution in [3.8, 4) is 0 Å². The minimum absolute atomic E-state index is 0.0919. The maximum Gasteiger partial charge on any atom is 0.270 e. The van der Waals surface area contributed by atoms with Crippen LogP contribution in [-0.4, -0.2) is 27.7 Å². The molecule has 0 aliphatic carbocycles. The van der Waals surface area contributed by atoms with Crippen molar-refractivity contribution in [2.75, 3.05) is 0 Å². The Morgan fingerprint density at radius 3 is 2.61 bits per heavy atom. The summed E-state index contributed by atoms with van der Waals surface area (Å²) in [6.07, 6.45) is 5.41. The number of carbonyl (C=O) groups is 1. The molecule has 1 atom stereocenters. The highest BCUT2D eigenvalue weighted by Gasteiger charge is 2.32. The van der Waals surface area contributed by atoms with Gasteiger partial charge in [0.25, 0.3) is 11.8 Å². The topological polar surface area (TPSA) is 125 Å². The van der Waals surface area contributed by atoms with Crippen LogP contribution < -0.4 is 17.3 Å². The van der Waals surface area contributed by atoms with E-state index in [1.54, 1.807) is 6.92 Å². The van der Waals surface area contributed by atoms with Crippen LogP contribution in [0, 0.1) is 12.3 Å². The van der Waals surface area contributed by atoms with Gasteiger partial charge in [0.05, 0.1) is 17.4 Å². The maximum atomic E-state index is 13.8. The van der Waals surface area contributed by atoms with E-state index in [1.807, 2.05) is 0 Å². The molecule has 1 aliphatic rings. The summed E-state index contributed by atoms with van der Waals surface area (Å²) in [7, 11) is 0. The Morgan fingerprint density at radius 1 is 1.39 bits per heavy atom. The standard InChI is InChI=1S/C19H24F2N6O/c1-11-13(5-4-6-14(11)19(3,20)21)18(28)26-10-8-15(17(24)12(26)2)27(25)16(23)7-9-22/h4-10,12,23H,22,24-25H2,1-3H3/b9-7-,23-16?. The average molecular weight is 390 g/mol. The summed E-state index contributed by atoms with van der Waals surface area (Å²) in [5, 5.41) is 8.86. The maximum absolute atomic E-state index is 13.8. The van der Waals surface area contributed by atoms with Crippen LogP contribution in [0.15, 0.2) is 54.1 Å². The molecule has 7 nitrogen and oxygen atoms in total. The molecular weight excluding hydrogens is 366 g/mol. The second-order valence-corrected chi connectivity index (χ2v) is 6.53. The van der Waals surface area contributed by atoms with Crippen molar-refractivity contribution >= 4 is 11.7 Å². The molecule has 2 rings (SSSR count). The smallest absolute Gasteiger partial charge is 0.270 e. The predicted molar refractivity (Wildman–Crippen MR) is 104 cm³/mol. The number of allylic oxidation sites excluding steroid dienone is 1. The minimum atomic E-state index is -3.06. The van der Waals surface area contributed by atoms with E-state index in [0.717, 1.165) is 11.9 Å². The molecule has 28 heavy (non-hydrogen) atoms. The fourth-order valence-electron chi connectivity index (χ4n) is 2.99. The molecule has 1 aromatic carbocycles. The fraction of sp³-hybridized carbons (Fsp3) is 0.263. The van der Waals surface area contributed by atoms with Gasteiger partial charge < -0.3 is 16.4 Å². The molecular formula is C19H24F2N6O. The third kappa shape index (κ3) is 3.89. The van der Waals surface area contributed by atoms with Gasteiger partial charge in [-0.2, -0.15) is 0 Å².